The molecule has 1 unspecified atom stereocenters. The Hall–Kier alpha value is -1.11. The first-order valence-electron chi connectivity index (χ1n) is 6.50. The highest BCUT2D eigenvalue weighted by Gasteiger charge is 2.40. The van der Waals surface area contributed by atoms with Gasteiger partial charge >= 0.3 is 0 Å². The van der Waals surface area contributed by atoms with Crippen molar-refractivity contribution in [2.24, 2.45) is 0 Å². The number of hydrogen-bond donors (Lipinski definition) is 1. The van der Waals surface area contributed by atoms with Crippen molar-refractivity contribution in [1.82, 2.24) is 5.32 Å². The van der Waals surface area contributed by atoms with Gasteiger partial charge in [0.2, 0.25) is 0 Å². The zero-order chi connectivity index (χ0) is 15.3. The summed E-state index contributed by atoms with van der Waals surface area (Å²) in [7, 11) is -3.06. The van der Waals surface area contributed by atoms with Gasteiger partial charge in [0.15, 0.2) is 9.84 Å². The third-order valence-electron chi connectivity index (χ3n) is 3.66. The number of hydrogen-bond acceptors (Lipinski definition) is 4. The third-order valence-corrected chi connectivity index (χ3v) is 7.24. The summed E-state index contributed by atoms with van der Waals surface area (Å²) in [5.74, 6) is -0.209. The standard InChI is InChI=1S/C14H14ClNO3S2/c1-14(6-7-21(18,19)8-14)16-13(17)12-11(15)9-4-2-3-5-10(9)20-12/h2-5H,6-8H2,1H3,(H,16,17). The lowest BCUT2D eigenvalue weighted by Gasteiger charge is -2.23. The maximum absolute atomic E-state index is 12.4. The number of thiophene rings is 1. The van der Waals surface area contributed by atoms with Gasteiger partial charge in [-0.05, 0) is 19.4 Å². The number of nitrogens with one attached hydrogen (secondary N) is 1. The molecular weight excluding hydrogens is 330 g/mol. The van der Waals surface area contributed by atoms with Crippen molar-refractivity contribution in [3.8, 4) is 0 Å². The third kappa shape index (κ3) is 2.80. The van der Waals surface area contributed by atoms with E-state index in [4.69, 9.17) is 11.6 Å². The van der Waals surface area contributed by atoms with E-state index in [1.54, 1.807) is 6.92 Å². The van der Waals surface area contributed by atoms with Gasteiger partial charge < -0.3 is 5.32 Å². The summed E-state index contributed by atoms with van der Waals surface area (Å²) in [4.78, 5) is 12.9. The maximum atomic E-state index is 12.4. The van der Waals surface area contributed by atoms with E-state index in [0.717, 1.165) is 10.1 Å². The van der Waals surface area contributed by atoms with Crippen LogP contribution in [-0.4, -0.2) is 31.4 Å². The number of halogens is 1. The monoisotopic (exact) mass is 343 g/mol. The van der Waals surface area contributed by atoms with Crippen LogP contribution in [0.1, 0.15) is 23.0 Å². The Balaban J connectivity index is 1.90. The van der Waals surface area contributed by atoms with E-state index >= 15 is 0 Å². The van der Waals surface area contributed by atoms with Gasteiger partial charge in [-0.1, -0.05) is 29.8 Å². The summed E-state index contributed by atoms with van der Waals surface area (Å²) < 4.78 is 24.1. The van der Waals surface area contributed by atoms with E-state index < -0.39 is 15.4 Å². The summed E-state index contributed by atoms with van der Waals surface area (Å²) >= 11 is 7.59. The van der Waals surface area contributed by atoms with E-state index in [0.29, 0.717) is 16.3 Å². The number of fused-ring (bicyclic) bond motifs is 1. The molecule has 1 atom stereocenters. The van der Waals surface area contributed by atoms with E-state index in [1.165, 1.54) is 11.3 Å². The molecule has 0 spiro atoms. The highest BCUT2D eigenvalue weighted by atomic mass is 35.5. The summed E-state index contributed by atoms with van der Waals surface area (Å²) in [5, 5.41) is 4.11. The summed E-state index contributed by atoms with van der Waals surface area (Å²) in [6, 6.07) is 7.53. The molecular formula is C14H14ClNO3S2. The first kappa shape index (κ1) is 14.8. The molecule has 2 heterocycles. The normalized spacial score (nSPS) is 24.3. The molecule has 1 aromatic carbocycles. The van der Waals surface area contributed by atoms with Crippen molar-refractivity contribution >= 4 is 48.8 Å². The lowest BCUT2D eigenvalue weighted by atomic mass is 10.0. The predicted octanol–water partition coefficient (Wildman–Crippen LogP) is 2.86. The first-order valence-corrected chi connectivity index (χ1v) is 9.51. The number of amides is 1. The molecule has 1 aliphatic heterocycles. The molecule has 1 fully saturated rings. The van der Waals surface area contributed by atoms with Crippen molar-refractivity contribution in [3.05, 3.63) is 34.2 Å². The average molecular weight is 344 g/mol. The van der Waals surface area contributed by atoms with E-state index in [-0.39, 0.29) is 17.4 Å². The van der Waals surface area contributed by atoms with Crippen LogP contribution in [0.25, 0.3) is 10.1 Å². The second kappa shape index (κ2) is 4.97. The molecule has 1 aliphatic rings. The van der Waals surface area contributed by atoms with Crippen LogP contribution < -0.4 is 5.32 Å². The average Bonchev–Trinajstić information content (AvgIpc) is 2.88. The molecule has 112 valence electrons. The molecule has 0 bridgehead atoms. The van der Waals surface area contributed by atoms with E-state index in [9.17, 15) is 13.2 Å². The van der Waals surface area contributed by atoms with Crippen LogP contribution >= 0.6 is 22.9 Å². The van der Waals surface area contributed by atoms with Gasteiger partial charge in [-0.15, -0.1) is 11.3 Å². The number of rotatable bonds is 2. The van der Waals surface area contributed by atoms with Gasteiger partial charge in [0.05, 0.1) is 22.1 Å². The number of carbonyl (C=O) groups is 1. The zero-order valence-electron chi connectivity index (χ0n) is 11.3. The van der Waals surface area contributed by atoms with Crippen molar-refractivity contribution in [1.29, 1.82) is 0 Å². The van der Waals surface area contributed by atoms with Crippen LogP contribution in [0.4, 0.5) is 0 Å². The van der Waals surface area contributed by atoms with Crippen molar-refractivity contribution in [2.75, 3.05) is 11.5 Å². The van der Waals surface area contributed by atoms with Crippen LogP contribution in [0.3, 0.4) is 0 Å². The molecule has 3 rings (SSSR count). The van der Waals surface area contributed by atoms with Crippen LogP contribution in [-0.2, 0) is 9.84 Å². The minimum absolute atomic E-state index is 0.0196. The Morgan fingerprint density at radius 2 is 2.10 bits per heavy atom. The Labute approximate surface area is 132 Å². The Bertz CT molecular complexity index is 828. The van der Waals surface area contributed by atoms with Gasteiger partial charge in [0.1, 0.15) is 4.88 Å². The quantitative estimate of drug-likeness (QED) is 0.912. The minimum atomic E-state index is -3.06. The Kier molecular flexibility index (Phi) is 3.50. The van der Waals surface area contributed by atoms with Gasteiger partial charge in [-0.25, -0.2) is 8.42 Å². The number of carbonyl (C=O) groups excluding carboxylic acids is 1. The molecule has 0 saturated carbocycles. The second-order valence-electron chi connectivity index (χ2n) is 5.60. The van der Waals surface area contributed by atoms with Crippen LogP contribution in [0.5, 0.6) is 0 Å². The van der Waals surface area contributed by atoms with E-state index in [2.05, 4.69) is 5.32 Å². The molecule has 1 saturated heterocycles. The van der Waals surface area contributed by atoms with Gasteiger partial charge in [-0.3, -0.25) is 4.79 Å². The molecule has 1 N–H and O–H groups in total. The molecule has 4 nitrogen and oxygen atoms in total. The lowest BCUT2D eigenvalue weighted by molar-refractivity contribution is 0.0920. The van der Waals surface area contributed by atoms with Crippen LogP contribution in [0, 0.1) is 0 Å². The molecule has 1 aromatic heterocycles. The molecule has 1 amide bonds. The van der Waals surface area contributed by atoms with Gasteiger partial charge in [-0.2, -0.15) is 0 Å². The molecule has 21 heavy (non-hydrogen) atoms. The summed E-state index contributed by atoms with van der Waals surface area (Å²) in [6.45, 7) is 1.76. The van der Waals surface area contributed by atoms with Crippen molar-refractivity contribution < 1.29 is 13.2 Å². The second-order valence-corrected chi connectivity index (χ2v) is 9.21. The van der Waals surface area contributed by atoms with Crippen molar-refractivity contribution in [3.63, 3.8) is 0 Å². The highest BCUT2D eigenvalue weighted by Crippen LogP contribution is 2.35. The largest absolute Gasteiger partial charge is 0.345 e. The Morgan fingerprint density at radius 3 is 2.71 bits per heavy atom. The van der Waals surface area contributed by atoms with Crippen LogP contribution in [0.15, 0.2) is 24.3 Å². The minimum Gasteiger partial charge on any atom is -0.345 e. The molecule has 2 aromatic rings. The number of sulfone groups is 1. The fourth-order valence-electron chi connectivity index (χ4n) is 2.60. The smallest absolute Gasteiger partial charge is 0.263 e. The fraction of sp³-hybridized carbons (Fsp3) is 0.357. The summed E-state index contributed by atoms with van der Waals surface area (Å²) in [5.41, 5.74) is -0.713. The SMILES string of the molecule is CC1(NC(=O)c2sc3ccccc3c2Cl)CCS(=O)(=O)C1. The predicted molar refractivity (Wildman–Crippen MR) is 86.0 cm³/mol. The van der Waals surface area contributed by atoms with Gasteiger partial charge in [0.25, 0.3) is 5.91 Å². The molecule has 7 heteroatoms. The zero-order valence-corrected chi connectivity index (χ0v) is 13.7. The first-order chi connectivity index (χ1) is 9.80. The fourth-order valence-corrected chi connectivity index (χ4v) is 6.11. The van der Waals surface area contributed by atoms with Gasteiger partial charge in [0, 0.05) is 10.1 Å². The molecule has 0 aliphatic carbocycles. The topological polar surface area (TPSA) is 63.2 Å². The number of benzene rings is 1. The molecule has 0 radical (unpaired) electrons. The lowest BCUT2D eigenvalue weighted by Crippen LogP contribution is -2.46. The highest BCUT2D eigenvalue weighted by molar-refractivity contribution is 7.91. The van der Waals surface area contributed by atoms with E-state index in [1.807, 2.05) is 24.3 Å². The maximum Gasteiger partial charge on any atom is 0.263 e. The Morgan fingerprint density at radius 1 is 1.38 bits per heavy atom. The summed E-state index contributed by atoms with van der Waals surface area (Å²) in [6.07, 6.45) is 0.434. The van der Waals surface area contributed by atoms with Crippen LogP contribution in [0.2, 0.25) is 5.02 Å². The van der Waals surface area contributed by atoms with Crippen molar-refractivity contribution in [2.45, 2.75) is 18.9 Å².